The molecule has 0 unspecified atom stereocenters. The molecule has 0 spiro atoms. The van der Waals surface area contributed by atoms with Crippen LogP contribution in [0.25, 0.3) is 86.9 Å². The topological polar surface area (TPSA) is 6.48 Å². The molecule has 9 aromatic rings. The quantitative estimate of drug-likeness (QED) is 0.0893. The number of benzene rings is 7. The summed E-state index contributed by atoms with van der Waals surface area (Å²) in [6.45, 7) is 24.5. The average molecular weight is 877 g/mol. The van der Waals surface area contributed by atoms with E-state index in [-0.39, 0.29) is 0 Å². The molecular weight excluding hydrogens is 821 g/mol. The molecule has 0 saturated carbocycles. The van der Waals surface area contributed by atoms with Gasteiger partial charge in [0.25, 0.3) is 0 Å². The first-order chi connectivity index (χ1) is 33.5. The van der Waals surface area contributed by atoms with Crippen molar-refractivity contribution in [3.63, 3.8) is 0 Å². The van der Waals surface area contributed by atoms with Crippen molar-refractivity contribution in [3.05, 3.63) is 268 Å². The molecule has 0 fully saturated rings. The first-order valence-corrected chi connectivity index (χ1v) is 23.4. The van der Waals surface area contributed by atoms with E-state index in [0.717, 1.165) is 34.2 Å². The van der Waals surface area contributed by atoms with Crippen LogP contribution in [-0.2, 0) is 0 Å². The van der Waals surface area contributed by atoms with E-state index in [1.807, 2.05) is 36.5 Å². The van der Waals surface area contributed by atoms with Gasteiger partial charge in [-0.05, 0) is 152 Å². The van der Waals surface area contributed by atoms with Gasteiger partial charge in [-0.15, -0.1) is 0 Å². The van der Waals surface area contributed by atoms with Crippen LogP contribution in [0.1, 0.15) is 27.7 Å². The van der Waals surface area contributed by atoms with E-state index < -0.39 is 0 Å². The molecule has 0 N–H and O–H groups in total. The van der Waals surface area contributed by atoms with Gasteiger partial charge in [-0.25, -0.2) is 0 Å². The summed E-state index contributed by atoms with van der Waals surface area (Å²) in [5, 5.41) is 14.8. The Morgan fingerprint density at radius 2 is 0.721 bits per heavy atom. The van der Waals surface area contributed by atoms with Crippen LogP contribution in [0.2, 0.25) is 0 Å². The third kappa shape index (κ3) is 7.41. The Morgan fingerprint density at radius 1 is 0.353 bits per heavy atom. The Labute approximate surface area is 401 Å². The normalized spacial score (nSPS) is 13.4. The van der Waals surface area contributed by atoms with Crippen molar-refractivity contribution in [2.75, 3.05) is 9.80 Å². The molecule has 0 radical (unpaired) electrons. The van der Waals surface area contributed by atoms with E-state index in [4.69, 9.17) is 0 Å². The maximum atomic E-state index is 4.12. The van der Waals surface area contributed by atoms with Gasteiger partial charge in [0.1, 0.15) is 0 Å². The molecule has 0 heterocycles. The zero-order valence-corrected chi connectivity index (χ0v) is 39.5. The Balaban J connectivity index is 1.51. The standard InChI is InChI=1S/C66H56N2/c1-9-17-35-47(15-7)67(49(27-11-3)28-12-4)57-43-41-55-61-51(57)37-25-39-53(61)63-59(45-31-21-19-22-32-45)66-56-42-44-58(68(48(16-8)36-18-10-2)50(29-13-5)30-14-6)52-38-26-40-54(62(52)56)64(66)60(65(55)63)46-33-23-20-24-34-46/h9-44H,1-3,5H2,4,6-8H3/b28-12-,30-14-,35-17-,36-18-,47-15+,48-16+,49-27+,50-29+. The Hall–Kier alpha value is -8.46. The molecule has 68 heavy (non-hydrogen) atoms. The van der Waals surface area contributed by atoms with E-state index in [9.17, 15) is 0 Å². The first kappa shape index (κ1) is 44.7. The van der Waals surface area contributed by atoms with Gasteiger partial charge >= 0.3 is 0 Å². The van der Waals surface area contributed by atoms with Gasteiger partial charge in [-0.1, -0.05) is 196 Å². The lowest BCUT2D eigenvalue weighted by Crippen LogP contribution is -2.20. The second kappa shape index (κ2) is 19.6. The number of hydrogen-bond donors (Lipinski definition) is 0. The fourth-order valence-electron chi connectivity index (χ4n) is 10.4. The smallest absolute Gasteiger partial charge is 0.0540 e. The number of anilines is 2. The molecule has 330 valence electrons. The van der Waals surface area contributed by atoms with Crippen molar-refractivity contribution in [1.29, 1.82) is 0 Å². The number of hydrogen-bond acceptors (Lipinski definition) is 2. The van der Waals surface area contributed by atoms with Gasteiger partial charge in [0.05, 0.1) is 11.4 Å². The monoisotopic (exact) mass is 876 g/mol. The Morgan fingerprint density at radius 3 is 1.06 bits per heavy atom. The minimum Gasteiger partial charge on any atom is -0.310 e. The average Bonchev–Trinajstić information content (AvgIpc) is 3.89. The van der Waals surface area contributed by atoms with E-state index in [2.05, 4.69) is 246 Å². The van der Waals surface area contributed by atoms with Gasteiger partial charge < -0.3 is 9.80 Å². The molecule has 0 saturated heterocycles. The molecular formula is C66H56N2. The second-order valence-electron chi connectivity index (χ2n) is 16.6. The molecule has 2 nitrogen and oxygen atoms in total. The molecule has 0 atom stereocenters. The van der Waals surface area contributed by atoms with E-state index in [1.165, 1.54) is 86.9 Å². The third-order valence-corrected chi connectivity index (χ3v) is 12.9. The van der Waals surface area contributed by atoms with Crippen LogP contribution in [-0.4, -0.2) is 0 Å². The third-order valence-electron chi connectivity index (χ3n) is 12.9. The lowest BCUT2D eigenvalue weighted by Gasteiger charge is -2.28. The predicted molar refractivity (Wildman–Crippen MR) is 302 cm³/mol. The largest absolute Gasteiger partial charge is 0.310 e. The zero-order valence-electron chi connectivity index (χ0n) is 39.5. The van der Waals surface area contributed by atoms with Crippen molar-refractivity contribution in [2.45, 2.75) is 27.7 Å². The summed E-state index contributed by atoms with van der Waals surface area (Å²) < 4.78 is 0. The van der Waals surface area contributed by atoms with Crippen LogP contribution < -0.4 is 9.80 Å². The van der Waals surface area contributed by atoms with Crippen LogP contribution in [0, 0.1) is 0 Å². The fraction of sp³-hybridized carbons (Fsp3) is 0.0606. The Kier molecular flexibility index (Phi) is 12.9. The first-order valence-electron chi connectivity index (χ1n) is 23.4. The van der Waals surface area contributed by atoms with Crippen LogP contribution in [0.4, 0.5) is 11.4 Å². The van der Waals surface area contributed by atoms with Crippen molar-refractivity contribution in [3.8, 4) is 22.3 Å². The Bertz CT molecular complexity index is 3360. The summed E-state index contributed by atoms with van der Waals surface area (Å²) in [5.74, 6) is 0. The molecule has 0 aromatic heterocycles. The summed E-state index contributed by atoms with van der Waals surface area (Å²) in [5.41, 5.74) is 11.1. The summed E-state index contributed by atoms with van der Waals surface area (Å²) in [6.07, 6.45) is 32.5. The minimum absolute atomic E-state index is 1.01. The number of fused-ring (bicyclic) bond motifs is 6. The number of rotatable bonds is 16. The highest BCUT2D eigenvalue weighted by Gasteiger charge is 2.30. The molecule has 0 bridgehead atoms. The van der Waals surface area contributed by atoms with Gasteiger partial charge in [0.2, 0.25) is 0 Å². The van der Waals surface area contributed by atoms with Crippen LogP contribution >= 0.6 is 0 Å². The molecule has 2 heteroatoms. The summed E-state index contributed by atoms with van der Waals surface area (Å²) in [4.78, 5) is 4.67. The summed E-state index contributed by atoms with van der Waals surface area (Å²) >= 11 is 0. The SMILES string of the molecule is C=C/C=C\C(=C/C)N(C(/C=C\C)=C/C=C)c1ccc2c3c(-c4ccccc4)c4c5cccc6c(N(C(/C=C\C=C)=C/C)C(/C=C\C)=C/C=C)ccc(c4c(-c4ccccc4)c3c3cccc1c32)c65. The maximum Gasteiger partial charge on any atom is 0.0540 e. The summed E-state index contributed by atoms with van der Waals surface area (Å²) in [6, 6.07) is 45.1. The van der Waals surface area contributed by atoms with Crippen molar-refractivity contribution in [2.24, 2.45) is 0 Å². The number of allylic oxidation sites excluding steroid dienone is 16. The van der Waals surface area contributed by atoms with E-state index in [1.54, 1.807) is 0 Å². The van der Waals surface area contributed by atoms with Gasteiger partial charge in [0.15, 0.2) is 0 Å². The highest BCUT2D eigenvalue weighted by Crippen LogP contribution is 2.57. The number of nitrogens with zero attached hydrogens (tertiary/aromatic N) is 2. The van der Waals surface area contributed by atoms with Crippen LogP contribution in [0.15, 0.2) is 268 Å². The van der Waals surface area contributed by atoms with Crippen LogP contribution in [0.3, 0.4) is 0 Å². The molecule has 9 rings (SSSR count). The molecule has 0 amide bonds. The van der Waals surface area contributed by atoms with E-state index >= 15 is 0 Å². The summed E-state index contributed by atoms with van der Waals surface area (Å²) in [7, 11) is 0. The van der Waals surface area contributed by atoms with Gasteiger partial charge in [0, 0.05) is 33.6 Å². The van der Waals surface area contributed by atoms with E-state index in [0.29, 0.717) is 0 Å². The second-order valence-corrected chi connectivity index (χ2v) is 16.6. The van der Waals surface area contributed by atoms with Crippen molar-refractivity contribution in [1.82, 2.24) is 0 Å². The van der Waals surface area contributed by atoms with Crippen molar-refractivity contribution < 1.29 is 0 Å². The predicted octanol–water partition coefficient (Wildman–Crippen LogP) is 19.0. The lowest BCUT2D eigenvalue weighted by molar-refractivity contribution is 1.14. The van der Waals surface area contributed by atoms with Crippen molar-refractivity contribution >= 4 is 76.0 Å². The van der Waals surface area contributed by atoms with Gasteiger partial charge in [-0.2, -0.15) is 0 Å². The highest BCUT2D eigenvalue weighted by molar-refractivity contribution is 6.47. The molecule has 0 aliphatic rings. The molecule has 0 aliphatic heterocycles. The zero-order chi connectivity index (χ0) is 47.3. The minimum atomic E-state index is 1.01. The lowest BCUT2D eigenvalue weighted by atomic mass is 9.87. The van der Waals surface area contributed by atoms with Gasteiger partial charge in [-0.3, -0.25) is 0 Å². The maximum absolute atomic E-state index is 4.12. The van der Waals surface area contributed by atoms with Crippen LogP contribution in [0.5, 0.6) is 0 Å². The highest BCUT2D eigenvalue weighted by atomic mass is 15.2. The fourth-order valence-corrected chi connectivity index (χ4v) is 10.4. The molecule has 9 aromatic carbocycles. The molecule has 0 aliphatic carbocycles.